The summed E-state index contributed by atoms with van der Waals surface area (Å²) in [6, 6.07) is 0. The second kappa shape index (κ2) is 1.36. The highest BCUT2D eigenvalue weighted by molar-refractivity contribution is 8.08. The molecule has 2 aliphatic rings. The van der Waals surface area contributed by atoms with Crippen molar-refractivity contribution in [2.45, 2.75) is 24.2 Å². The molecule has 2 aliphatic heterocycles. The summed E-state index contributed by atoms with van der Waals surface area (Å²) in [7, 11) is 0. The molecule has 2 heterocycles. The molecule has 0 saturated carbocycles. The van der Waals surface area contributed by atoms with Crippen LogP contribution in [0, 0.1) is 6.61 Å². The molecule has 8 heavy (non-hydrogen) atoms. The van der Waals surface area contributed by atoms with Crippen LogP contribution in [0.4, 0.5) is 0 Å². The number of hydrogen-bond acceptors (Lipinski definition) is 2. The van der Waals surface area contributed by atoms with E-state index >= 15 is 0 Å². The Labute approximate surface area is 53.8 Å². The Morgan fingerprint density at radius 1 is 1.88 bits per heavy atom. The maximum atomic E-state index is 5.28. The van der Waals surface area contributed by atoms with Crippen LogP contribution in [0.2, 0.25) is 0 Å². The van der Waals surface area contributed by atoms with Crippen molar-refractivity contribution in [3.63, 3.8) is 0 Å². The summed E-state index contributed by atoms with van der Waals surface area (Å²) in [4.78, 5) is 0. The third-order valence-corrected chi connectivity index (χ3v) is 2.96. The van der Waals surface area contributed by atoms with Crippen LogP contribution < -0.4 is 0 Å². The van der Waals surface area contributed by atoms with Crippen molar-refractivity contribution in [2.75, 3.05) is 5.75 Å². The Morgan fingerprint density at radius 3 is 2.88 bits per heavy atom. The maximum absolute atomic E-state index is 5.28. The third kappa shape index (κ3) is 0.633. The monoisotopic (exact) mass is 129 g/mol. The van der Waals surface area contributed by atoms with Crippen LogP contribution in [0.25, 0.3) is 0 Å². The highest BCUT2D eigenvalue weighted by atomic mass is 32.2. The highest BCUT2D eigenvalue weighted by Gasteiger charge is 2.59. The lowest BCUT2D eigenvalue weighted by Gasteiger charge is -1.87. The summed E-state index contributed by atoms with van der Waals surface area (Å²) in [6.07, 6.45) is 1.71. The van der Waals surface area contributed by atoms with Gasteiger partial charge in [-0.1, -0.05) is 11.8 Å². The van der Waals surface area contributed by atoms with Crippen molar-refractivity contribution >= 4 is 11.8 Å². The molecule has 0 aromatic rings. The van der Waals surface area contributed by atoms with Gasteiger partial charge < -0.3 is 0 Å². The summed E-state index contributed by atoms with van der Waals surface area (Å²) in [5, 5.41) is 0. The molecule has 2 heteroatoms. The Balaban J connectivity index is 2.03. The van der Waals surface area contributed by atoms with Crippen molar-refractivity contribution in [1.82, 2.24) is 0 Å². The van der Waals surface area contributed by atoms with E-state index in [9.17, 15) is 0 Å². The van der Waals surface area contributed by atoms with Gasteiger partial charge in [-0.3, -0.25) is 0 Å². The van der Waals surface area contributed by atoms with Gasteiger partial charge in [-0.25, -0.2) is 0 Å². The van der Waals surface area contributed by atoms with Crippen LogP contribution in [-0.4, -0.2) is 16.6 Å². The first-order valence-corrected chi connectivity index (χ1v) is 3.93. The van der Waals surface area contributed by atoms with E-state index in [1.807, 2.05) is 18.4 Å². The van der Waals surface area contributed by atoms with Gasteiger partial charge in [-0.15, -0.1) is 0 Å². The minimum atomic E-state index is 0.477. The zero-order valence-corrected chi connectivity index (χ0v) is 5.70. The van der Waals surface area contributed by atoms with E-state index in [1.165, 1.54) is 12.2 Å². The molecule has 0 radical (unpaired) electrons. The molecule has 0 N–H and O–H groups in total. The first-order chi connectivity index (χ1) is 3.81. The summed E-state index contributed by atoms with van der Waals surface area (Å²) in [5.41, 5.74) is 0. The van der Waals surface area contributed by atoms with Gasteiger partial charge in [-0.2, -0.15) is 4.74 Å². The highest BCUT2D eigenvalue weighted by Crippen LogP contribution is 2.54. The van der Waals surface area contributed by atoms with Crippen molar-refractivity contribution in [1.29, 1.82) is 0 Å². The molecule has 0 aliphatic carbocycles. The Kier molecular flexibility index (Phi) is 0.853. The second-order valence-corrected chi connectivity index (χ2v) is 4.01. The lowest BCUT2D eigenvalue weighted by Crippen LogP contribution is -2.02. The third-order valence-electron chi connectivity index (χ3n) is 1.66. The molecule has 0 bridgehead atoms. The fourth-order valence-corrected chi connectivity index (χ4v) is 1.95. The van der Waals surface area contributed by atoms with Gasteiger partial charge in [0, 0.05) is 6.42 Å². The van der Waals surface area contributed by atoms with Gasteiger partial charge in [0.1, 0.15) is 6.10 Å². The van der Waals surface area contributed by atoms with Crippen molar-refractivity contribution in [3.05, 3.63) is 6.61 Å². The van der Waals surface area contributed by atoms with Crippen molar-refractivity contribution in [2.24, 2.45) is 0 Å². The van der Waals surface area contributed by atoms with Gasteiger partial charge in [-0.05, 0) is 6.92 Å². The number of rotatable bonds is 0. The maximum Gasteiger partial charge on any atom is 0.245 e. The van der Waals surface area contributed by atoms with Gasteiger partial charge in [0.05, 0.1) is 5.75 Å². The van der Waals surface area contributed by atoms with Crippen LogP contribution in [-0.2, 0) is 4.74 Å². The summed E-state index contributed by atoms with van der Waals surface area (Å²) >= 11 is 2.00. The minimum absolute atomic E-state index is 0.477. The fourth-order valence-electron chi connectivity index (χ4n) is 1.10. The number of hydrogen-bond donors (Lipinski definition) is 0. The predicted molar refractivity (Wildman–Crippen MR) is 34.7 cm³/mol. The van der Waals surface area contributed by atoms with Gasteiger partial charge in [0.2, 0.25) is 6.61 Å². The van der Waals surface area contributed by atoms with Crippen molar-refractivity contribution < 1.29 is 4.74 Å². The van der Waals surface area contributed by atoms with Crippen LogP contribution >= 0.6 is 11.8 Å². The number of ether oxygens (including phenoxy) is 1. The van der Waals surface area contributed by atoms with Gasteiger partial charge in [0.15, 0.2) is 4.75 Å². The van der Waals surface area contributed by atoms with E-state index in [4.69, 9.17) is 4.74 Å². The zero-order chi connectivity index (χ0) is 5.61. The van der Waals surface area contributed by atoms with Crippen LogP contribution in [0.3, 0.4) is 0 Å². The van der Waals surface area contributed by atoms with Crippen LogP contribution in [0.5, 0.6) is 0 Å². The van der Waals surface area contributed by atoms with E-state index in [0.717, 1.165) is 0 Å². The van der Waals surface area contributed by atoms with E-state index in [0.29, 0.717) is 10.9 Å². The first kappa shape index (κ1) is 5.00. The Morgan fingerprint density at radius 2 is 2.62 bits per heavy atom. The summed E-state index contributed by atoms with van der Waals surface area (Å²) in [5.74, 6) is 1.29. The molecule has 1 spiro atoms. The minimum Gasteiger partial charge on any atom is -0.192 e. The topological polar surface area (TPSA) is 9.23 Å². The average molecular weight is 129 g/mol. The molecule has 1 nitrogen and oxygen atoms in total. The average Bonchev–Trinajstić information content (AvgIpc) is 2.34. The fraction of sp³-hybridized carbons (Fsp3) is 0.833. The van der Waals surface area contributed by atoms with E-state index in [2.05, 4.69) is 6.92 Å². The normalized spacial score (nSPS) is 51.9. The molecular weight excluding hydrogens is 120 g/mol. The SMILES string of the molecule is CC1CC2([CH+]O1)CS2. The smallest absolute Gasteiger partial charge is 0.192 e. The molecule has 2 atom stereocenters. The van der Waals surface area contributed by atoms with Crippen LogP contribution in [0.15, 0.2) is 0 Å². The summed E-state index contributed by atoms with van der Waals surface area (Å²) < 4.78 is 5.77. The lowest BCUT2D eigenvalue weighted by molar-refractivity contribution is 0.170. The zero-order valence-electron chi connectivity index (χ0n) is 4.89. The molecule has 2 saturated heterocycles. The second-order valence-electron chi connectivity index (χ2n) is 2.62. The summed E-state index contributed by atoms with van der Waals surface area (Å²) in [6.45, 7) is 4.15. The Bertz CT molecular complexity index is 109. The Hall–Kier alpha value is 0.180. The van der Waals surface area contributed by atoms with E-state index < -0.39 is 0 Å². The predicted octanol–water partition coefficient (Wildman–Crippen LogP) is 1.44. The molecule has 2 rings (SSSR count). The molecule has 0 aromatic heterocycles. The van der Waals surface area contributed by atoms with Crippen molar-refractivity contribution in [3.8, 4) is 0 Å². The number of thioether (sulfide) groups is 1. The lowest BCUT2D eigenvalue weighted by atomic mass is 10.1. The standard InChI is InChI=1S/C6H9OS/c1-5-2-6(3-7-5)4-8-6/h3,5H,2,4H2,1H3/q+1. The van der Waals surface area contributed by atoms with E-state index in [1.54, 1.807) is 0 Å². The first-order valence-electron chi connectivity index (χ1n) is 2.95. The molecule has 2 fully saturated rings. The van der Waals surface area contributed by atoms with E-state index in [-0.39, 0.29) is 0 Å². The molecule has 0 amide bonds. The molecule has 2 unspecified atom stereocenters. The molecule has 44 valence electrons. The van der Waals surface area contributed by atoms with Gasteiger partial charge in [0.25, 0.3) is 0 Å². The largest absolute Gasteiger partial charge is 0.245 e. The molecule has 0 aromatic carbocycles. The quantitative estimate of drug-likeness (QED) is 0.361. The molecular formula is C6H9OS+. The van der Waals surface area contributed by atoms with Gasteiger partial charge >= 0.3 is 0 Å². The van der Waals surface area contributed by atoms with Crippen LogP contribution in [0.1, 0.15) is 13.3 Å².